The molecule has 7 nitrogen and oxygen atoms in total. The lowest BCUT2D eigenvalue weighted by atomic mass is 9.98. The van der Waals surface area contributed by atoms with Gasteiger partial charge >= 0.3 is 6.09 Å². The van der Waals surface area contributed by atoms with Gasteiger partial charge in [0.25, 0.3) is 0 Å². The van der Waals surface area contributed by atoms with Gasteiger partial charge in [-0.25, -0.2) is 4.79 Å². The van der Waals surface area contributed by atoms with Crippen LogP contribution in [0.2, 0.25) is 0 Å². The Bertz CT molecular complexity index is 750. The Kier molecular flexibility index (Phi) is 10.0. The highest BCUT2D eigenvalue weighted by Crippen LogP contribution is 2.24. The van der Waals surface area contributed by atoms with Gasteiger partial charge in [-0.1, -0.05) is 42.7 Å². The second-order valence-corrected chi connectivity index (χ2v) is 8.96. The zero-order valence-electron chi connectivity index (χ0n) is 20.3. The van der Waals surface area contributed by atoms with E-state index in [9.17, 15) is 14.4 Å². The van der Waals surface area contributed by atoms with Gasteiger partial charge < -0.3 is 20.3 Å². The predicted octanol–water partition coefficient (Wildman–Crippen LogP) is 4.02. The van der Waals surface area contributed by atoms with Crippen LogP contribution in [0.5, 0.6) is 0 Å². The minimum atomic E-state index is -0.841. The van der Waals surface area contributed by atoms with E-state index in [1.165, 1.54) is 4.90 Å². The van der Waals surface area contributed by atoms with Gasteiger partial charge in [0.15, 0.2) is 0 Å². The Morgan fingerprint density at radius 3 is 2.13 bits per heavy atom. The van der Waals surface area contributed by atoms with E-state index in [0.717, 1.165) is 29.5 Å². The van der Waals surface area contributed by atoms with Crippen LogP contribution in [-0.4, -0.2) is 47.5 Å². The molecule has 2 atom stereocenters. The van der Waals surface area contributed by atoms with Crippen molar-refractivity contribution >= 4 is 17.9 Å². The minimum absolute atomic E-state index is 0.224. The van der Waals surface area contributed by atoms with E-state index in [2.05, 4.69) is 17.6 Å². The van der Waals surface area contributed by atoms with E-state index in [1.807, 2.05) is 39.0 Å². The SMILES string of the molecule is CCCCNC(=O)C(c1cc(C)cc(C)c1)N(CC)C(=O)C(C)NC(=O)OC(C)(C)C. The van der Waals surface area contributed by atoms with E-state index < -0.39 is 23.8 Å². The number of rotatable bonds is 9. The van der Waals surface area contributed by atoms with Crippen LogP contribution in [0.4, 0.5) is 4.79 Å². The summed E-state index contributed by atoms with van der Waals surface area (Å²) in [6.45, 7) is 15.6. The highest BCUT2D eigenvalue weighted by atomic mass is 16.6. The first-order valence-corrected chi connectivity index (χ1v) is 11.1. The molecule has 1 aromatic rings. The second kappa shape index (κ2) is 11.7. The molecule has 0 saturated heterocycles. The van der Waals surface area contributed by atoms with Crippen molar-refractivity contribution < 1.29 is 19.1 Å². The molecule has 174 valence electrons. The number of amides is 3. The number of ether oxygens (including phenoxy) is 1. The Labute approximate surface area is 186 Å². The van der Waals surface area contributed by atoms with Crippen LogP contribution in [-0.2, 0) is 14.3 Å². The number of alkyl carbamates (subject to hydrolysis) is 1. The smallest absolute Gasteiger partial charge is 0.408 e. The van der Waals surface area contributed by atoms with Crippen LogP contribution in [0.3, 0.4) is 0 Å². The maximum atomic E-state index is 13.3. The molecule has 0 spiro atoms. The zero-order chi connectivity index (χ0) is 23.8. The van der Waals surface area contributed by atoms with Crippen LogP contribution in [0.15, 0.2) is 18.2 Å². The number of nitrogens with zero attached hydrogens (tertiary/aromatic N) is 1. The molecule has 7 heteroatoms. The van der Waals surface area contributed by atoms with Crippen LogP contribution in [0.25, 0.3) is 0 Å². The molecule has 0 fully saturated rings. The molecule has 31 heavy (non-hydrogen) atoms. The first kappa shape index (κ1) is 26.5. The van der Waals surface area contributed by atoms with Gasteiger partial charge in [0, 0.05) is 13.1 Å². The summed E-state index contributed by atoms with van der Waals surface area (Å²) in [5.74, 6) is -0.568. The summed E-state index contributed by atoms with van der Waals surface area (Å²) >= 11 is 0. The zero-order valence-corrected chi connectivity index (χ0v) is 20.3. The third-order valence-electron chi connectivity index (χ3n) is 4.68. The van der Waals surface area contributed by atoms with Gasteiger partial charge in [0.2, 0.25) is 11.8 Å². The molecule has 0 aromatic heterocycles. The van der Waals surface area contributed by atoms with Gasteiger partial charge in [-0.15, -0.1) is 0 Å². The standard InChI is InChI=1S/C24H39N3O4/c1-9-11-12-25-21(28)20(19-14-16(3)13-17(4)15-19)27(10-2)22(29)18(5)26-23(30)31-24(6,7)8/h13-15,18,20H,9-12H2,1-8H3,(H,25,28)(H,26,30). The highest BCUT2D eigenvalue weighted by Gasteiger charge is 2.33. The Balaban J connectivity index is 3.18. The van der Waals surface area contributed by atoms with E-state index in [4.69, 9.17) is 4.74 Å². The third-order valence-corrected chi connectivity index (χ3v) is 4.68. The van der Waals surface area contributed by atoms with Gasteiger partial charge in [-0.3, -0.25) is 9.59 Å². The van der Waals surface area contributed by atoms with Crippen molar-refractivity contribution in [2.75, 3.05) is 13.1 Å². The van der Waals surface area contributed by atoms with Crippen molar-refractivity contribution in [3.05, 3.63) is 34.9 Å². The van der Waals surface area contributed by atoms with E-state index >= 15 is 0 Å². The lowest BCUT2D eigenvalue weighted by Gasteiger charge is -2.33. The number of aryl methyl sites for hydroxylation is 2. The molecule has 0 heterocycles. The molecular weight excluding hydrogens is 394 g/mol. The molecule has 1 rings (SSSR count). The largest absolute Gasteiger partial charge is 0.444 e. The number of carbonyl (C=O) groups is 3. The summed E-state index contributed by atoms with van der Waals surface area (Å²) in [4.78, 5) is 40.1. The van der Waals surface area contributed by atoms with Crippen LogP contribution >= 0.6 is 0 Å². The van der Waals surface area contributed by atoms with Gasteiger partial charge in [-0.05, 0) is 60.5 Å². The van der Waals surface area contributed by atoms with E-state index in [-0.39, 0.29) is 11.8 Å². The third kappa shape index (κ3) is 8.59. The molecule has 2 unspecified atom stereocenters. The second-order valence-electron chi connectivity index (χ2n) is 8.96. The summed E-state index contributed by atoms with van der Waals surface area (Å²) in [5.41, 5.74) is 2.12. The monoisotopic (exact) mass is 433 g/mol. The first-order valence-electron chi connectivity index (χ1n) is 11.1. The van der Waals surface area contributed by atoms with E-state index in [1.54, 1.807) is 27.7 Å². The number of carbonyl (C=O) groups excluding carboxylic acids is 3. The van der Waals surface area contributed by atoms with Gasteiger partial charge in [0.1, 0.15) is 17.7 Å². The van der Waals surface area contributed by atoms with Crippen molar-refractivity contribution in [3.8, 4) is 0 Å². The number of benzene rings is 1. The normalized spacial score (nSPS) is 13.2. The number of hydrogen-bond acceptors (Lipinski definition) is 4. The number of nitrogens with one attached hydrogen (secondary N) is 2. The van der Waals surface area contributed by atoms with Crippen LogP contribution in [0, 0.1) is 13.8 Å². The predicted molar refractivity (Wildman–Crippen MR) is 123 cm³/mol. The Morgan fingerprint density at radius 1 is 1.06 bits per heavy atom. The fourth-order valence-corrected chi connectivity index (χ4v) is 3.39. The van der Waals surface area contributed by atoms with Crippen molar-refractivity contribution in [3.63, 3.8) is 0 Å². The summed E-state index contributed by atoms with van der Waals surface area (Å²) in [5, 5.41) is 5.54. The van der Waals surface area contributed by atoms with Crippen molar-refractivity contribution in [1.29, 1.82) is 0 Å². The molecule has 1 aromatic carbocycles. The molecule has 0 saturated carbocycles. The maximum absolute atomic E-state index is 13.3. The fraction of sp³-hybridized carbons (Fsp3) is 0.625. The average Bonchev–Trinajstić information content (AvgIpc) is 2.62. The summed E-state index contributed by atoms with van der Waals surface area (Å²) < 4.78 is 5.26. The molecule has 0 bridgehead atoms. The lowest BCUT2D eigenvalue weighted by molar-refractivity contribution is -0.141. The molecule has 0 aliphatic carbocycles. The van der Waals surface area contributed by atoms with Gasteiger partial charge in [0.05, 0.1) is 0 Å². The average molecular weight is 434 g/mol. The van der Waals surface area contributed by atoms with Crippen molar-refractivity contribution in [2.45, 2.75) is 85.9 Å². The summed E-state index contributed by atoms with van der Waals surface area (Å²) in [6, 6.07) is 4.26. The first-order chi connectivity index (χ1) is 14.4. The molecular formula is C24H39N3O4. The van der Waals surface area contributed by atoms with Crippen LogP contribution < -0.4 is 10.6 Å². The summed E-state index contributed by atoms with van der Waals surface area (Å²) in [6.07, 6.45) is 1.16. The molecule has 0 aliphatic heterocycles. The topological polar surface area (TPSA) is 87.7 Å². The number of unbranched alkanes of at least 4 members (excludes halogenated alkanes) is 1. The van der Waals surface area contributed by atoms with Crippen molar-refractivity contribution in [2.24, 2.45) is 0 Å². The van der Waals surface area contributed by atoms with Crippen LogP contribution in [0.1, 0.15) is 77.1 Å². The minimum Gasteiger partial charge on any atom is -0.444 e. The number of likely N-dealkylation sites (N-methyl/N-ethyl adjacent to an activating group) is 1. The quantitative estimate of drug-likeness (QED) is 0.576. The lowest BCUT2D eigenvalue weighted by Crippen LogP contribution is -2.52. The molecule has 2 N–H and O–H groups in total. The maximum Gasteiger partial charge on any atom is 0.408 e. The van der Waals surface area contributed by atoms with E-state index in [0.29, 0.717) is 13.1 Å². The van der Waals surface area contributed by atoms with Gasteiger partial charge in [-0.2, -0.15) is 0 Å². The molecule has 0 aliphatic rings. The van der Waals surface area contributed by atoms with Crippen molar-refractivity contribution in [1.82, 2.24) is 15.5 Å². The highest BCUT2D eigenvalue weighted by molar-refractivity contribution is 5.92. The fourth-order valence-electron chi connectivity index (χ4n) is 3.39. The number of hydrogen-bond donors (Lipinski definition) is 2. The summed E-state index contributed by atoms with van der Waals surface area (Å²) in [7, 11) is 0. The Hall–Kier alpha value is -2.57. The Morgan fingerprint density at radius 2 is 1.65 bits per heavy atom. The molecule has 0 radical (unpaired) electrons. The molecule has 3 amide bonds.